The maximum Gasteiger partial charge on any atom is 0.410 e. The SMILES string of the molecule is CC(C)(C)N(C[C@H]1CCc2cc(-c3ccc(C(=O)CS(=O)(=O)c4ccccc4)cc3)ccc2O1)C(=O)OC[C@H](O[Si](C)(C)C(C)(C)C)c1cccnc1. The van der Waals surface area contributed by atoms with Crippen LogP contribution in [-0.4, -0.2) is 69.0 Å². The molecule has 11 heteroatoms. The van der Waals surface area contributed by atoms with E-state index in [-0.39, 0.29) is 22.6 Å². The van der Waals surface area contributed by atoms with Crippen LogP contribution in [0.2, 0.25) is 18.1 Å². The number of pyridine rings is 1. The van der Waals surface area contributed by atoms with Gasteiger partial charge in [-0.1, -0.05) is 75.4 Å². The number of rotatable bonds is 12. The second-order valence-corrected chi connectivity index (χ2v) is 22.9. The highest BCUT2D eigenvalue weighted by atomic mass is 32.2. The number of Topliss-reactive ketones (excluding diaryl/α,β-unsaturated/α-hetero) is 1. The number of hydrogen-bond donors (Lipinski definition) is 0. The smallest absolute Gasteiger partial charge is 0.410 e. The van der Waals surface area contributed by atoms with Crippen molar-refractivity contribution in [3.8, 4) is 16.9 Å². The van der Waals surface area contributed by atoms with E-state index in [9.17, 15) is 18.0 Å². The Balaban J connectivity index is 1.22. The lowest BCUT2D eigenvalue weighted by atomic mass is 9.95. The lowest BCUT2D eigenvalue weighted by molar-refractivity contribution is 0.0169. The zero-order valence-electron chi connectivity index (χ0n) is 32.1. The van der Waals surface area contributed by atoms with Gasteiger partial charge in [-0.2, -0.15) is 0 Å². The number of carbonyl (C=O) groups is 2. The predicted molar refractivity (Wildman–Crippen MR) is 211 cm³/mol. The van der Waals surface area contributed by atoms with Crippen molar-refractivity contribution in [2.45, 2.75) is 95.2 Å². The maximum atomic E-state index is 13.7. The van der Waals surface area contributed by atoms with Crippen LogP contribution in [0.1, 0.15) is 75.6 Å². The second-order valence-electron chi connectivity index (χ2n) is 16.2. The molecule has 282 valence electrons. The summed E-state index contributed by atoms with van der Waals surface area (Å²) in [5.41, 5.74) is 3.62. The first kappa shape index (κ1) is 39.9. The van der Waals surface area contributed by atoms with Crippen LogP contribution in [0, 0.1) is 0 Å². The van der Waals surface area contributed by atoms with Gasteiger partial charge in [0.2, 0.25) is 0 Å². The summed E-state index contributed by atoms with van der Waals surface area (Å²) in [7, 11) is -5.93. The molecule has 9 nitrogen and oxygen atoms in total. The van der Waals surface area contributed by atoms with Crippen LogP contribution in [-0.2, 0) is 25.4 Å². The number of fused-ring (bicyclic) bond motifs is 1. The molecule has 0 radical (unpaired) electrons. The average molecular weight is 757 g/mol. The Kier molecular flexibility index (Phi) is 12.0. The van der Waals surface area contributed by atoms with Gasteiger partial charge in [0.05, 0.1) is 11.4 Å². The molecule has 0 spiro atoms. The highest BCUT2D eigenvalue weighted by Crippen LogP contribution is 2.40. The number of nitrogens with zero attached hydrogens (tertiary/aromatic N) is 2. The van der Waals surface area contributed by atoms with E-state index in [1.165, 1.54) is 12.1 Å². The van der Waals surface area contributed by atoms with E-state index in [1.54, 1.807) is 47.6 Å². The normalized spacial score (nSPS) is 15.5. The molecular formula is C42H52N2O7SSi. The first-order chi connectivity index (χ1) is 24.8. The van der Waals surface area contributed by atoms with Gasteiger partial charge in [0.1, 0.15) is 30.3 Å². The molecule has 0 unspecified atom stereocenters. The number of hydrogen-bond acceptors (Lipinski definition) is 8. The van der Waals surface area contributed by atoms with Gasteiger partial charge in [-0.3, -0.25) is 14.7 Å². The van der Waals surface area contributed by atoms with Crippen molar-refractivity contribution >= 4 is 30.0 Å². The van der Waals surface area contributed by atoms with E-state index in [4.69, 9.17) is 13.9 Å². The highest BCUT2D eigenvalue weighted by molar-refractivity contribution is 7.92. The molecule has 2 atom stereocenters. The molecule has 0 saturated carbocycles. The molecule has 1 aliphatic heterocycles. The van der Waals surface area contributed by atoms with Crippen molar-refractivity contribution in [1.29, 1.82) is 0 Å². The Bertz CT molecular complexity index is 1990. The Labute approximate surface area is 315 Å². The Morgan fingerprint density at radius 3 is 2.23 bits per heavy atom. The summed E-state index contributed by atoms with van der Waals surface area (Å²) < 4.78 is 44.6. The molecule has 0 saturated heterocycles. The maximum absolute atomic E-state index is 13.7. The first-order valence-corrected chi connectivity index (χ1v) is 22.6. The molecule has 0 bridgehead atoms. The van der Waals surface area contributed by atoms with Crippen molar-refractivity contribution in [2.24, 2.45) is 0 Å². The number of benzene rings is 3. The largest absolute Gasteiger partial charge is 0.488 e. The van der Waals surface area contributed by atoms with Gasteiger partial charge in [-0.15, -0.1) is 0 Å². The van der Waals surface area contributed by atoms with Crippen molar-refractivity contribution < 1.29 is 31.9 Å². The van der Waals surface area contributed by atoms with Gasteiger partial charge in [0.25, 0.3) is 0 Å². The van der Waals surface area contributed by atoms with Crippen LogP contribution < -0.4 is 4.74 Å². The molecule has 0 aliphatic carbocycles. The third kappa shape index (κ3) is 10.0. The fraction of sp³-hybridized carbons (Fsp3) is 0.405. The quantitative estimate of drug-likeness (QED) is 0.104. The molecule has 1 amide bonds. The minimum Gasteiger partial charge on any atom is -0.488 e. The van der Waals surface area contributed by atoms with E-state index in [2.05, 4.69) is 44.9 Å². The third-order valence-corrected chi connectivity index (χ3v) is 16.2. The number of ether oxygens (including phenoxy) is 2. The van der Waals surface area contributed by atoms with Crippen molar-refractivity contribution in [1.82, 2.24) is 9.88 Å². The number of carbonyl (C=O) groups excluding carboxylic acids is 2. The zero-order chi connectivity index (χ0) is 38.6. The van der Waals surface area contributed by atoms with E-state index in [1.807, 2.05) is 57.2 Å². The first-order valence-electron chi connectivity index (χ1n) is 18.1. The van der Waals surface area contributed by atoms with Crippen LogP contribution in [0.5, 0.6) is 5.75 Å². The molecular weight excluding hydrogens is 705 g/mol. The Morgan fingerprint density at radius 1 is 0.925 bits per heavy atom. The standard InChI is InChI=1S/C42H52N2O7SSi/c1-41(2,3)44(40(46)49-28-39(34-13-12-24-43-26-34)51-53(7,8)42(4,5)6)27-35-22-20-33-25-32(21-23-38(33)50-35)30-16-18-31(19-17-30)37(45)29-52(47,48)36-14-10-9-11-15-36/h9-19,21,23-26,35,39H,20,22,27-29H2,1-8H3/t35-,39+/m1/s1. The van der Waals surface area contributed by atoms with Crippen LogP contribution >= 0.6 is 0 Å². The summed E-state index contributed by atoms with van der Waals surface area (Å²) in [5, 5.41) is -0.0224. The molecule has 3 aromatic carbocycles. The molecule has 53 heavy (non-hydrogen) atoms. The van der Waals surface area contributed by atoms with Crippen LogP contribution in [0.25, 0.3) is 11.1 Å². The van der Waals surface area contributed by atoms with E-state index in [0.29, 0.717) is 18.5 Å². The van der Waals surface area contributed by atoms with Gasteiger partial charge in [-0.25, -0.2) is 13.2 Å². The minimum atomic E-state index is -3.73. The molecule has 5 rings (SSSR count). The summed E-state index contributed by atoms with van der Waals surface area (Å²) in [4.78, 5) is 32.8. The summed E-state index contributed by atoms with van der Waals surface area (Å²) >= 11 is 0. The fourth-order valence-electron chi connectivity index (χ4n) is 5.92. The summed E-state index contributed by atoms with van der Waals surface area (Å²) in [6.45, 7) is 17.3. The predicted octanol–water partition coefficient (Wildman–Crippen LogP) is 9.10. The molecule has 1 aromatic heterocycles. The lowest BCUT2D eigenvalue weighted by Gasteiger charge is -2.40. The van der Waals surface area contributed by atoms with Gasteiger partial charge in [0.15, 0.2) is 23.9 Å². The van der Waals surface area contributed by atoms with E-state index in [0.717, 1.165) is 34.4 Å². The molecule has 4 aromatic rings. The van der Waals surface area contributed by atoms with E-state index >= 15 is 0 Å². The number of amides is 1. The number of ketones is 1. The van der Waals surface area contributed by atoms with Gasteiger partial charge in [0, 0.05) is 29.1 Å². The average Bonchev–Trinajstić information content (AvgIpc) is 3.11. The molecule has 2 heterocycles. The van der Waals surface area contributed by atoms with Crippen molar-refractivity contribution in [2.75, 3.05) is 18.9 Å². The van der Waals surface area contributed by atoms with Crippen LogP contribution in [0.15, 0.2) is 102 Å². The van der Waals surface area contributed by atoms with Gasteiger partial charge < -0.3 is 13.9 Å². The van der Waals surface area contributed by atoms with Gasteiger partial charge >= 0.3 is 6.09 Å². The monoisotopic (exact) mass is 756 g/mol. The third-order valence-electron chi connectivity index (χ3n) is 10.1. The minimum absolute atomic E-state index is 0.0224. The van der Waals surface area contributed by atoms with Crippen molar-refractivity contribution in [3.63, 3.8) is 0 Å². The topological polar surface area (TPSA) is 112 Å². The summed E-state index contributed by atoms with van der Waals surface area (Å²) in [6, 6.07) is 24.8. The van der Waals surface area contributed by atoms with E-state index < -0.39 is 47.4 Å². The Hall–Kier alpha value is -4.32. The molecule has 1 aliphatic rings. The molecule has 0 fully saturated rings. The summed E-state index contributed by atoms with van der Waals surface area (Å²) in [6.07, 6.45) is 3.88. The zero-order valence-corrected chi connectivity index (χ0v) is 33.9. The van der Waals surface area contributed by atoms with Crippen LogP contribution in [0.4, 0.5) is 4.79 Å². The van der Waals surface area contributed by atoms with Gasteiger partial charge in [-0.05, 0) is 98.8 Å². The van der Waals surface area contributed by atoms with Crippen molar-refractivity contribution in [3.05, 3.63) is 114 Å². The number of aryl methyl sites for hydroxylation is 1. The highest BCUT2D eigenvalue weighted by Gasteiger charge is 2.40. The summed E-state index contributed by atoms with van der Waals surface area (Å²) in [5.74, 6) is -0.272. The number of sulfone groups is 1. The fourth-order valence-corrected chi connectivity index (χ4v) is 8.44. The number of aromatic nitrogens is 1. The Morgan fingerprint density at radius 2 is 1.60 bits per heavy atom. The lowest BCUT2D eigenvalue weighted by Crippen LogP contribution is -2.51. The van der Waals surface area contributed by atoms with Crippen LogP contribution in [0.3, 0.4) is 0 Å². The second kappa shape index (κ2) is 16.0. The molecule has 0 N–H and O–H groups in total.